The third-order valence-corrected chi connectivity index (χ3v) is 3.75. The van der Waals surface area contributed by atoms with Crippen LogP contribution in [-0.4, -0.2) is 35.1 Å². The Morgan fingerprint density at radius 3 is 2.43 bits per heavy atom. The second kappa shape index (κ2) is 3.46. The Hall–Kier alpha value is -0.700. The molecule has 2 aliphatic rings. The van der Waals surface area contributed by atoms with Crippen molar-refractivity contribution in [2.45, 2.75) is 44.6 Å². The molecule has 0 aromatic heterocycles. The smallest absolute Gasteiger partial charge is 0.154 e. The van der Waals surface area contributed by atoms with Gasteiger partial charge in [-0.3, -0.25) is 14.5 Å². The first-order chi connectivity index (χ1) is 6.69. The summed E-state index contributed by atoms with van der Waals surface area (Å²) in [6, 6.07) is 0. The lowest BCUT2D eigenvalue weighted by atomic mass is 9.78. The van der Waals surface area contributed by atoms with Crippen molar-refractivity contribution in [2.75, 3.05) is 13.1 Å². The van der Waals surface area contributed by atoms with Crippen LogP contribution in [0.25, 0.3) is 0 Å². The number of carbonyl (C=O) groups is 2. The van der Waals surface area contributed by atoms with Crippen LogP contribution in [0.4, 0.5) is 0 Å². The first kappa shape index (κ1) is 9.84. The average Bonchev–Trinajstić information content (AvgIpc) is 2.49. The second-order valence-electron chi connectivity index (χ2n) is 4.32. The zero-order valence-electron chi connectivity index (χ0n) is 8.71. The fraction of sp³-hybridized carbons (Fsp3) is 0.818. The highest BCUT2D eigenvalue weighted by molar-refractivity contribution is 5.93. The molecule has 14 heavy (non-hydrogen) atoms. The van der Waals surface area contributed by atoms with Crippen molar-refractivity contribution in [2.24, 2.45) is 0 Å². The largest absolute Gasteiger partial charge is 0.300 e. The van der Waals surface area contributed by atoms with Gasteiger partial charge in [0.05, 0.1) is 5.54 Å². The molecule has 0 radical (unpaired) electrons. The van der Waals surface area contributed by atoms with Gasteiger partial charge in [0.2, 0.25) is 0 Å². The second-order valence-corrected chi connectivity index (χ2v) is 4.32. The zero-order chi connectivity index (χ0) is 10.2. The quantitative estimate of drug-likeness (QED) is 0.630. The third-order valence-electron chi connectivity index (χ3n) is 3.75. The van der Waals surface area contributed by atoms with Crippen LogP contribution in [0.1, 0.15) is 39.0 Å². The maximum Gasteiger partial charge on any atom is 0.154 e. The van der Waals surface area contributed by atoms with Crippen molar-refractivity contribution < 1.29 is 9.59 Å². The first-order valence-electron chi connectivity index (χ1n) is 5.49. The molecule has 0 bridgehead atoms. The van der Waals surface area contributed by atoms with Crippen LogP contribution in [0.5, 0.6) is 0 Å². The normalized spacial score (nSPS) is 27.5. The maximum atomic E-state index is 11.9. The molecular formula is C11H17NO2. The summed E-state index contributed by atoms with van der Waals surface area (Å²) in [7, 11) is 0. The van der Waals surface area contributed by atoms with Crippen molar-refractivity contribution in [3.8, 4) is 0 Å². The Balaban J connectivity index is 2.19. The van der Waals surface area contributed by atoms with Crippen LogP contribution >= 0.6 is 0 Å². The molecule has 1 heterocycles. The number of ketones is 2. The van der Waals surface area contributed by atoms with E-state index in [4.69, 9.17) is 0 Å². The number of hydrogen-bond donors (Lipinski definition) is 0. The molecule has 3 heteroatoms. The highest BCUT2D eigenvalue weighted by Crippen LogP contribution is 2.37. The lowest BCUT2D eigenvalue weighted by Crippen LogP contribution is -2.50. The van der Waals surface area contributed by atoms with Gasteiger partial charge in [-0.1, -0.05) is 6.92 Å². The number of nitrogens with zero attached hydrogens (tertiary/aromatic N) is 1. The summed E-state index contributed by atoms with van der Waals surface area (Å²) in [5, 5.41) is 0. The van der Waals surface area contributed by atoms with Crippen LogP contribution in [0.15, 0.2) is 0 Å². The van der Waals surface area contributed by atoms with Gasteiger partial charge in [0, 0.05) is 25.8 Å². The van der Waals surface area contributed by atoms with E-state index in [9.17, 15) is 9.59 Å². The van der Waals surface area contributed by atoms with Gasteiger partial charge in [-0.05, 0) is 19.4 Å². The predicted molar refractivity (Wildman–Crippen MR) is 53.1 cm³/mol. The molecule has 3 nitrogen and oxygen atoms in total. The summed E-state index contributed by atoms with van der Waals surface area (Å²) in [6.45, 7) is 3.92. The Morgan fingerprint density at radius 2 is 1.86 bits per heavy atom. The molecule has 0 N–H and O–H groups in total. The van der Waals surface area contributed by atoms with E-state index >= 15 is 0 Å². The number of carbonyl (C=O) groups excluding carboxylic acids is 2. The summed E-state index contributed by atoms with van der Waals surface area (Å²) in [4.78, 5) is 25.3. The minimum atomic E-state index is -0.247. The van der Waals surface area contributed by atoms with E-state index in [0.717, 1.165) is 25.9 Å². The summed E-state index contributed by atoms with van der Waals surface area (Å²) >= 11 is 0. The lowest BCUT2D eigenvalue weighted by Gasteiger charge is -2.39. The first-order valence-corrected chi connectivity index (χ1v) is 5.49. The molecule has 2 fully saturated rings. The molecule has 78 valence electrons. The molecule has 1 spiro atoms. The van der Waals surface area contributed by atoms with Gasteiger partial charge in [-0.2, -0.15) is 0 Å². The van der Waals surface area contributed by atoms with Gasteiger partial charge in [0.25, 0.3) is 0 Å². The molecule has 0 unspecified atom stereocenters. The van der Waals surface area contributed by atoms with E-state index in [1.165, 1.54) is 0 Å². The standard InChI is InChI=1S/C11H17NO2/c1-2-12-8-5-10(14)11(12)6-3-9(13)4-7-11/h2-8H2,1H3. The maximum absolute atomic E-state index is 11.9. The Labute approximate surface area is 84.5 Å². The topological polar surface area (TPSA) is 37.4 Å². The minimum absolute atomic E-state index is 0.247. The molecule has 0 aromatic rings. The van der Waals surface area contributed by atoms with E-state index in [-0.39, 0.29) is 5.54 Å². The Bertz CT molecular complexity index is 262. The molecule has 1 aliphatic heterocycles. The highest BCUT2D eigenvalue weighted by Gasteiger charge is 2.48. The van der Waals surface area contributed by atoms with E-state index in [0.29, 0.717) is 30.8 Å². The molecule has 0 amide bonds. The van der Waals surface area contributed by atoms with Crippen molar-refractivity contribution in [3.63, 3.8) is 0 Å². The lowest BCUT2D eigenvalue weighted by molar-refractivity contribution is -0.130. The van der Waals surface area contributed by atoms with E-state index in [2.05, 4.69) is 11.8 Å². The van der Waals surface area contributed by atoms with Crippen LogP contribution in [0.2, 0.25) is 0 Å². The van der Waals surface area contributed by atoms with E-state index in [1.54, 1.807) is 0 Å². The zero-order valence-corrected chi connectivity index (χ0v) is 8.71. The predicted octanol–water partition coefficient (Wildman–Crippen LogP) is 1.16. The Kier molecular flexibility index (Phi) is 2.43. The van der Waals surface area contributed by atoms with Crippen LogP contribution in [0.3, 0.4) is 0 Å². The summed E-state index contributed by atoms with van der Waals surface area (Å²) in [6.07, 6.45) is 3.41. The third kappa shape index (κ3) is 1.31. The molecule has 1 aliphatic carbocycles. The fourth-order valence-corrected chi connectivity index (χ4v) is 2.86. The minimum Gasteiger partial charge on any atom is -0.300 e. The van der Waals surface area contributed by atoms with Crippen molar-refractivity contribution in [1.29, 1.82) is 0 Å². The van der Waals surface area contributed by atoms with Crippen LogP contribution in [-0.2, 0) is 9.59 Å². The number of hydrogen-bond acceptors (Lipinski definition) is 3. The molecular weight excluding hydrogens is 178 g/mol. The van der Waals surface area contributed by atoms with Gasteiger partial charge in [0.15, 0.2) is 5.78 Å². The number of rotatable bonds is 1. The summed E-state index contributed by atoms with van der Waals surface area (Å²) in [5.41, 5.74) is -0.247. The van der Waals surface area contributed by atoms with Crippen molar-refractivity contribution >= 4 is 11.6 Å². The molecule has 0 aromatic carbocycles. The van der Waals surface area contributed by atoms with Crippen molar-refractivity contribution in [1.82, 2.24) is 4.90 Å². The molecule has 0 atom stereocenters. The Morgan fingerprint density at radius 1 is 1.21 bits per heavy atom. The van der Waals surface area contributed by atoms with Gasteiger partial charge in [-0.15, -0.1) is 0 Å². The average molecular weight is 195 g/mol. The fourth-order valence-electron chi connectivity index (χ4n) is 2.86. The molecule has 1 saturated heterocycles. The van der Waals surface area contributed by atoms with Gasteiger partial charge < -0.3 is 0 Å². The molecule has 2 rings (SSSR count). The van der Waals surface area contributed by atoms with Gasteiger partial charge in [-0.25, -0.2) is 0 Å². The monoisotopic (exact) mass is 195 g/mol. The summed E-state index contributed by atoms with van der Waals surface area (Å²) in [5.74, 6) is 0.693. The SMILES string of the molecule is CCN1CCC(=O)C12CCC(=O)CC2. The number of likely N-dealkylation sites (tertiary alicyclic amines) is 1. The van der Waals surface area contributed by atoms with E-state index < -0.39 is 0 Å². The van der Waals surface area contributed by atoms with Crippen LogP contribution in [0, 0.1) is 0 Å². The van der Waals surface area contributed by atoms with Gasteiger partial charge in [0.1, 0.15) is 5.78 Å². The number of Topliss-reactive ketones (excluding diaryl/α,β-unsaturated/α-hetero) is 2. The number of likely N-dealkylation sites (N-methyl/N-ethyl adjacent to an activating group) is 1. The summed E-state index contributed by atoms with van der Waals surface area (Å²) < 4.78 is 0. The molecule has 1 saturated carbocycles. The van der Waals surface area contributed by atoms with E-state index in [1.807, 2.05) is 0 Å². The van der Waals surface area contributed by atoms with Gasteiger partial charge >= 0.3 is 0 Å². The highest BCUT2D eigenvalue weighted by atomic mass is 16.1. The van der Waals surface area contributed by atoms with Crippen LogP contribution < -0.4 is 0 Å². The van der Waals surface area contributed by atoms with Crippen molar-refractivity contribution in [3.05, 3.63) is 0 Å².